The number of rotatable bonds is 18. The Morgan fingerprint density at radius 3 is 1.85 bits per heavy atom. The van der Waals surface area contributed by atoms with Gasteiger partial charge >= 0.3 is 5.97 Å². The molecule has 0 aliphatic rings. The standard InChI is InChI=1S/C21H40N6O6S/c1-12(2)17(24)20(31)26-13(6-4-5-10-22)18(29)25-14(9-11-34-3)19(30)27-15(21(32)33)7-8-16(23)28/h12-15,17H,4-11,22,24H2,1-3H3,(H2,23,28)(H,25,29)(H,26,31)(H,27,30)(H,32,33). The second-order valence-electron chi connectivity index (χ2n) is 8.36. The molecule has 4 unspecified atom stereocenters. The van der Waals surface area contributed by atoms with Gasteiger partial charge in [-0.15, -0.1) is 0 Å². The lowest BCUT2D eigenvalue weighted by atomic mass is 10.0. The fourth-order valence-electron chi connectivity index (χ4n) is 2.93. The number of hydrogen-bond acceptors (Lipinski definition) is 8. The molecule has 4 atom stereocenters. The Morgan fingerprint density at radius 1 is 0.853 bits per heavy atom. The molecule has 0 aliphatic heterocycles. The molecular weight excluding hydrogens is 464 g/mol. The van der Waals surface area contributed by atoms with Gasteiger partial charge in [-0.1, -0.05) is 13.8 Å². The first-order valence-electron chi connectivity index (χ1n) is 11.3. The van der Waals surface area contributed by atoms with Crippen LogP contribution >= 0.6 is 11.8 Å². The van der Waals surface area contributed by atoms with Crippen molar-refractivity contribution < 1.29 is 29.1 Å². The van der Waals surface area contributed by atoms with Gasteiger partial charge in [0.2, 0.25) is 23.6 Å². The third-order valence-electron chi connectivity index (χ3n) is 5.14. The van der Waals surface area contributed by atoms with Crippen molar-refractivity contribution in [1.29, 1.82) is 0 Å². The fraction of sp³-hybridized carbons (Fsp3) is 0.762. The Hall–Kier alpha value is -2.38. The number of aliphatic carboxylic acids is 1. The van der Waals surface area contributed by atoms with Crippen molar-refractivity contribution in [3.63, 3.8) is 0 Å². The molecule has 12 nitrogen and oxygen atoms in total. The number of primary amides is 1. The van der Waals surface area contributed by atoms with E-state index in [0.29, 0.717) is 31.6 Å². The highest BCUT2D eigenvalue weighted by atomic mass is 32.2. The topological polar surface area (TPSA) is 220 Å². The average molecular weight is 505 g/mol. The quantitative estimate of drug-likeness (QED) is 0.110. The first-order chi connectivity index (χ1) is 15.9. The summed E-state index contributed by atoms with van der Waals surface area (Å²) in [5.41, 5.74) is 16.5. The minimum atomic E-state index is -1.34. The molecule has 0 fully saturated rings. The highest BCUT2D eigenvalue weighted by Gasteiger charge is 2.30. The van der Waals surface area contributed by atoms with Crippen molar-refractivity contribution in [2.45, 2.75) is 76.5 Å². The molecule has 0 aromatic carbocycles. The van der Waals surface area contributed by atoms with Crippen LogP contribution in [0.1, 0.15) is 52.4 Å². The summed E-state index contributed by atoms with van der Waals surface area (Å²) in [6.07, 6.45) is 3.18. The lowest BCUT2D eigenvalue weighted by Gasteiger charge is -2.25. The smallest absolute Gasteiger partial charge is 0.326 e. The van der Waals surface area contributed by atoms with Crippen molar-refractivity contribution in [3.8, 4) is 0 Å². The summed E-state index contributed by atoms with van der Waals surface area (Å²) in [6, 6.07) is -4.11. The van der Waals surface area contributed by atoms with Gasteiger partial charge in [-0.05, 0) is 56.6 Å². The monoisotopic (exact) mass is 504 g/mol. The van der Waals surface area contributed by atoms with Crippen LogP contribution in [0.2, 0.25) is 0 Å². The maximum atomic E-state index is 13.0. The van der Waals surface area contributed by atoms with E-state index in [1.54, 1.807) is 13.8 Å². The van der Waals surface area contributed by atoms with Gasteiger partial charge in [-0.2, -0.15) is 11.8 Å². The van der Waals surface area contributed by atoms with Crippen LogP contribution in [0, 0.1) is 5.92 Å². The van der Waals surface area contributed by atoms with Crippen molar-refractivity contribution >= 4 is 41.4 Å². The van der Waals surface area contributed by atoms with E-state index >= 15 is 0 Å². The number of unbranched alkanes of at least 4 members (excludes halogenated alkanes) is 1. The summed E-state index contributed by atoms with van der Waals surface area (Å²) < 4.78 is 0. The van der Waals surface area contributed by atoms with Gasteiger partial charge in [0.1, 0.15) is 18.1 Å². The third-order valence-corrected chi connectivity index (χ3v) is 5.78. The number of carboxylic acid groups (broad SMARTS) is 1. The number of nitrogens with two attached hydrogens (primary N) is 3. The molecule has 196 valence electrons. The van der Waals surface area contributed by atoms with Gasteiger partial charge < -0.3 is 38.3 Å². The molecule has 0 aromatic heterocycles. The highest BCUT2D eigenvalue weighted by Crippen LogP contribution is 2.08. The van der Waals surface area contributed by atoms with Crippen LogP contribution in [0.3, 0.4) is 0 Å². The van der Waals surface area contributed by atoms with E-state index in [9.17, 15) is 29.1 Å². The minimum absolute atomic E-state index is 0.138. The molecule has 0 spiro atoms. The average Bonchev–Trinajstić information content (AvgIpc) is 2.77. The molecule has 0 radical (unpaired) electrons. The lowest BCUT2D eigenvalue weighted by molar-refractivity contribution is -0.142. The molecule has 0 heterocycles. The maximum Gasteiger partial charge on any atom is 0.326 e. The van der Waals surface area contributed by atoms with Crippen LogP contribution < -0.4 is 33.2 Å². The molecule has 0 bridgehead atoms. The lowest BCUT2D eigenvalue weighted by Crippen LogP contribution is -2.57. The molecule has 4 amide bonds. The minimum Gasteiger partial charge on any atom is -0.480 e. The van der Waals surface area contributed by atoms with E-state index in [1.807, 2.05) is 6.26 Å². The van der Waals surface area contributed by atoms with E-state index in [4.69, 9.17) is 17.2 Å². The van der Waals surface area contributed by atoms with Gasteiger partial charge in [-0.3, -0.25) is 19.2 Å². The van der Waals surface area contributed by atoms with E-state index in [0.717, 1.165) is 0 Å². The molecule has 10 N–H and O–H groups in total. The van der Waals surface area contributed by atoms with Crippen LogP contribution in [0.15, 0.2) is 0 Å². The van der Waals surface area contributed by atoms with Crippen LogP contribution in [0.25, 0.3) is 0 Å². The highest BCUT2D eigenvalue weighted by molar-refractivity contribution is 7.98. The Kier molecular flexibility index (Phi) is 15.9. The molecule has 0 aliphatic carbocycles. The summed E-state index contributed by atoms with van der Waals surface area (Å²) in [7, 11) is 0. The van der Waals surface area contributed by atoms with Crippen molar-refractivity contribution in [2.75, 3.05) is 18.6 Å². The fourth-order valence-corrected chi connectivity index (χ4v) is 3.40. The number of thioether (sulfide) groups is 1. The Balaban J connectivity index is 5.47. The van der Waals surface area contributed by atoms with E-state index in [1.165, 1.54) is 11.8 Å². The largest absolute Gasteiger partial charge is 0.480 e. The maximum absolute atomic E-state index is 13.0. The van der Waals surface area contributed by atoms with Crippen LogP contribution in [0.4, 0.5) is 0 Å². The molecular formula is C21H40N6O6S. The van der Waals surface area contributed by atoms with Crippen molar-refractivity contribution in [3.05, 3.63) is 0 Å². The zero-order valence-corrected chi connectivity index (χ0v) is 21.0. The van der Waals surface area contributed by atoms with Crippen molar-refractivity contribution in [1.82, 2.24) is 16.0 Å². The zero-order valence-electron chi connectivity index (χ0n) is 20.2. The zero-order chi connectivity index (χ0) is 26.3. The molecule has 0 saturated heterocycles. The molecule has 0 saturated carbocycles. The predicted octanol–water partition coefficient (Wildman–Crippen LogP) is -1.34. The van der Waals surface area contributed by atoms with Gasteiger partial charge in [0.05, 0.1) is 6.04 Å². The third kappa shape index (κ3) is 12.8. The van der Waals surface area contributed by atoms with E-state index in [-0.39, 0.29) is 25.2 Å². The Bertz CT molecular complexity index is 693. The Morgan fingerprint density at radius 2 is 1.38 bits per heavy atom. The van der Waals surface area contributed by atoms with Crippen LogP contribution in [0.5, 0.6) is 0 Å². The van der Waals surface area contributed by atoms with E-state index < -0.39 is 53.8 Å². The second kappa shape index (κ2) is 17.1. The van der Waals surface area contributed by atoms with Crippen molar-refractivity contribution in [2.24, 2.45) is 23.1 Å². The normalized spacial score (nSPS) is 14.5. The first-order valence-corrected chi connectivity index (χ1v) is 12.7. The number of nitrogens with one attached hydrogen (secondary N) is 3. The number of hydrogen-bond donors (Lipinski definition) is 7. The summed E-state index contributed by atoms with van der Waals surface area (Å²) in [5.74, 6) is -3.40. The number of carbonyl (C=O) groups excluding carboxylic acids is 4. The van der Waals surface area contributed by atoms with Gasteiger partial charge in [0.25, 0.3) is 0 Å². The van der Waals surface area contributed by atoms with Gasteiger partial charge in [0, 0.05) is 6.42 Å². The number of carbonyl (C=O) groups is 5. The van der Waals surface area contributed by atoms with Crippen LogP contribution in [-0.2, 0) is 24.0 Å². The van der Waals surface area contributed by atoms with Gasteiger partial charge in [0.15, 0.2) is 0 Å². The summed E-state index contributed by atoms with van der Waals surface area (Å²) in [4.78, 5) is 60.7. The molecule has 13 heteroatoms. The second-order valence-corrected chi connectivity index (χ2v) is 9.35. The Labute approximate surface area is 204 Å². The summed E-state index contributed by atoms with van der Waals surface area (Å²) in [6.45, 7) is 4.00. The molecule has 0 aromatic rings. The summed E-state index contributed by atoms with van der Waals surface area (Å²) in [5, 5.41) is 17.0. The van der Waals surface area contributed by atoms with Gasteiger partial charge in [-0.25, -0.2) is 4.79 Å². The van der Waals surface area contributed by atoms with Crippen LogP contribution in [-0.4, -0.2) is 77.4 Å². The predicted molar refractivity (Wildman–Crippen MR) is 131 cm³/mol. The molecule has 34 heavy (non-hydrogen) atoms. The number of carboxylic acids is 1. The number of amides is 4. The first kappa shape index (κ1) is 31.6. The molecule has 0 rings (SSSR count). The summed E-state index contributed by atoms with van der Waals surface area (Å²) >= 11 is 1.45. The van der Waals surface area contributed by atoms with E-state index in [2.05, 4.69) is 16.0 Å². The SMILES string of the molecule is CSCCC(NC(=O)C(CCCCN)NC(=O)C(N)C(C)C)C(=O)NC(CCC(N)=O)C(=O)O.